The summed E-state index contributed by atoms with van der Waals surface area (Å²) in [4.78, 5) is 117. The van der Waals surface area contributed by atoms with Crippen LogP contribution in [0.4, 0.5) is 0 Å². The van der Waals surface area contributed by atoms with Gasteiger partial charge in [-0.05, 0) is 62.1 Å². The number of carbonyl (C=O) groups excluding carboxylic acids is 8. The van der Waals surface area contributed by atoms with Gasteiger partial charge in [0, 0.05) is 62.9 Å². The van der Waals surface area contributed by atoms with Gasteiger partial charge in [-0.15, -0.1) is 0 Å². The number of nitrogens with one attached hydrogen (secondary N) is 7. The van der Waals surface area contributed by atoms with Crippen molar-refractivity contribution in [2.24, 2.45) is 22.2 Å². The van der Waals surface area contributed by atoms with Crippen molar-refractivity contribution in [2.45, 2.75) is 107 Å². The standard InChI is InChI=1S/C43H58N12O8/c1-25(56)50-33(22-26-10-3-2-4-11-26)39(60)53-32-15-8-19-47-37(58)30(14-7-20-48-43(45)46)51-40(61)34(23-27-24-49-29-13-6-5-12-28(27)29)54-38(59)31(17-18-36(44)57)52-41(62)35-16-9-21-55(35)42(32)63/h2-6,10-13,24,30-35,49H,7-9,14-23H2,1H3,(H2,44,57)(H,47,58)(H,50,56)(H,51,61)(H,52,62)(H,53,60)(H,54,59)(H4,45,46,48)/t30?,31-,32+,33+,34?,35?/m1/s1. The van der Waals surface area contributed by atoms with Crippen molar-refractivity contribution in [3.05, 3.63) is 71.9 Å². The number of fused-ring (bicyclic) bond motifs is 2. The molecule has 2 aliphatic heterocycles. The summed E-state index contributed by atoms with van der Waals surface area (Å²) in [7, 11) is 0. The van der Waals surface area contributed by atoms with E-state index in [-0.39, 0.29) is 83.4 Å². The van der Waals surface area contributed by atoms with Crippen LogP contribution in [-0.4, -0.2) is 119 Å². The molecule has 0 bridgehead atoms. The highest BCUT2D eigenvalue weighted by atomic mass is 16.2. The van der Waals surface area contributed by atoms with Crippen molar-refractivity contribution in [2.75, 3.05) is 19.6 Å². The Kier molecular flexibility index (Phi) is 17.0. The van der Waals surface area contributed by atoms with Crippen LogP contribution in [0.25, 0.3) is 10.9 Å². The predicted molar refractivity (Wildman–Crippen MR) is 233 cm³/mol. The molecule has 3 unspecified atom stereocenters. The number of amides is 8. The van der Waals surface area contributed by atoms with Gasteiger partial charge in [0.15, 0.2) is 5.96 Å². The lowest BCUT2D eigenvalue weighted by molar-refractivity contribution is -0.142. The van der Waals surface area contributed by atoms with Crippen molar-refractivity contribution in [1.82, 2.24) is 41.8 Å². The normalized spacial score (nSPS) is 22.0. The lowest BCUT2D eigenvalue weighted by atomic mass is 10.0. The third kappa shape index (κ3) is 13.8. The average molecular weight is 871 g/mol. The first-order chi connectivity index (χ1) is 30.2. The van der Waals surface area contributed by atoms with Gasteiger partial charge in [-0.1, -0.05) is 48.5 Å². The molecule has 5 rings (SSSR count). The fourth-order valence-electron chi connectivity index (χ4n) is 7.85. The largest absolute Gasteiger partial charge is 0.370 e. The van der Waals surface area contributed by atoms with E-state index < -0.39 is 83.5 Å². The Bertz CT molecular complexity index is 2160. The summed E-state index contributed by atoms with van der Waals surface area (Å²) in [6.07, 6.45) is 2.55. The Morgan fingerprint density at radius 1 is 0.825 bits per heavy atom. The zero-order valence-corrected chi connectivity index (χ0v) is 35.3. The van der Waals surface area contributed by atoms with Gasteiger partial charge in [0.25, 0.3) is 0 Å². The zero-order chi connectivity index (χ0) is 45.5. The molecule has 2 fully saturated rings. The minimum atomic E-state index is -1.37. The molecule has 8 amide bonds. The van der Waals surface area contributed by atoms with Crippen LogP contribution in [-0.2, 0) is 51.2 Å². The van der Waals surface area contributed by atoms with E-state index in [1.165, 1.54) is 11.8 Å². The number of aliphatic imine (C=N–C) groups is 1. The molecule has 0 radical (unpaired) electrons. The molecule has 2 aliphatic rings. The summed E-state index contributed by atoms with van der Waals surface area (Å²) in [6, 6.07) is 9.34. The van der Waals surface area contributed by atoms with E-state index in [4.69, 9.17) is 17.2 Å². The van der Waals surface area contributed by atoms with Gasteiger partial charge in [0.1, 0.15) is 36.3 Å². The summed E-state index contributed by atoms with van der Waals surface area (Å²) < 4.78 is 0. The predicted octanol–water partition coefficient (Wildman–Crippen LogP) is -1.38. The summed E-state index contributed by atoms with van der Waals surface area (Å²) in [5.74, 6) is -5.28. The summed E-state index contributed by atoms with van der Waals surface area (Å²) in [6.45, 7) is 1.62. The topological polar surface area (TPSA) is 318 Å². The summed E-state index contributed by atoms with van der Waals surface area (Å²) >= 11 is 0. The van der Waals surface area contributed by atoms with Crippen LogP contribution in [0.1, 0.15) is 69.4 Å². The van der Waals surface area contributed by atoms with E-state index in [1.807, 2.05) is 30.3 Å². The number of benzene rings is 2. The molecule has 2 aromatic carbocycles. The number of hydrogen-bond acceptors (Lipinski definition) is 9. The lowest BCUT2D eigenvalue weighted by Gasteiger charge is -2.31. The Balaban J connectivity index is 1.47. The molecule has 63 heavy (non-hydrogen) atoms. The highest BCUT2D eigenvalue weighted by Gasteiger charge is 2.40. The van der Waals surface area contributed by atoms with Crippen molar-refractivity contribution in [3.63, 3.8) is 0 Å². The molecule has 3 heterocycles. The number of aromatic nitrogens is 1. The molecular weight excluding hydrogens is 813 g/mol. The number of guanidine groups is 1. The fourth-order valence-corrected chi connectivity index (χ4v) is 7.85. The Hall–Kier alpha value is -6.99. The highest BCUT2D eigenvalue weighted by Crippen LogP contribution is 2.22. The van der Waals surface area contributed by atoms with E-state index in [0.29, 0.717) is 12.0 Å². The summed E-state index contributed by atoms with van der Waals surface area (Å²) in [5, 5.41) is 17.3. The van der Waals surface area contributed by atoms with Crippen LogP contribution in [0.2, 0.25) is 0 Å². The fraction of sp³-hybridized carbons (Fsp3) is 0.465. The molecular formula is C43H58N12O8. The maximum absolute atomic E-state index is 14.4. The van der Waals surface area contributed by atoms with Crippen LogP contribution in [0.15, 0.2) is 65.8 Å². The average Bonchev–Trinajstić information content (AvgIpc) is 3.91. The van der Waals surface area contributed by atoms with E-state index in [2.05, 4.69) is 41.9 Å². The Labute approximate surface area is 364 Å². The van der Waals surface area contributed by atoms with Crippen molar-refractivity contribution < 1.29 is 38.4 Å². The van der Waals surface area contributed by atoms with E-state index >= 15 is 0 Å². The first kappa shape index (κ1) is 47.1. The molecule has 338 valence electrons. The van der Waals surface area contributed by atoms with Crippen molar-refractivity contribution in [1.29, 1.82) is 0 Å². The second-order valence-electron chi connectivity index (χ2n) is 15.8. The van der Waals surface area contributed by atoms with Gasteiger partial charge in [-0.2, -0.15) is 0 Å². The Morgan fingerprint density at radius 2 is 1.51 bits per heavy atom. The number of hydrogen-bond donors (Lipinski definition) is 10. The number of H-pyrrole nitrogens is 1. The lowest BCUT2D eigenvalue weighted by Crippen LogP contribution is -2.60. The van der Waals surface area contributed by atoms with Crippen molar-refractivity contribution in [3.8, 4) is 0 Å². The monoisotopic (exact) mass is 870 g/mol. The Morgan fingerprint density at radius 3 is 2.24 bits per heavy atom. The second-order valence-corrected chi connectivity index (χ2v) is 15.8. The molecule has 0 aliphatic carbocycles. The number of nitrogens with two attached hydrogens (primary N) is 3. The van der Waals surface area contributed by atoms with Crippen LogP contribution in [0, 0.1) is 0 Å². The molecule has 20 nitrogen and oxygen atoms in total. The quantitative estimate of drug-likeness (QED) is 0.0514. The molecule has 0 spiro atoms. The number of primary amides is 1. The molecule has 0 saturated carbocycles. The van der Waals surface area contributed by atoms with Gasteiger partial charge in [-0.3, -0.25) is 43.3 Å². The molecule has 3 aromatic rings. The van der Waals surface area contributed by atoms with Gasteiger partial charge < -0.3 is 59.0 Å². The number of aromatic amines is 1. The molecule has 6 atom stereocenters. The minimum Gasteiger partial charge on any atom is -0.370 e. The first-order valence-electron chi connectivity index (χ1n) is 21.2. The first-order valence-corrected chi connectivity index (χ1v) is 21.2. The van der Waals surface area contributed by atoms with Gasteiger partial charge in [0.05, 0.1) is 0 Å². The highest BCUT2D eigenvalue weighted by molar-refractivity contribution is 5.98. The SMILES string of the molecule is CC(=O)N[C@@H](Cc1ccccc1)C(=O)N[C@H]1CCCNC(=O)C(CCCN=C(N)N)NC(=O)C(Cc2c[nH]c3ccccc23)NC(=O)[C@@H](CCC(N)=O)NC(=O)C2CCCN2C1=O. The van der Waals surface area contributed by atoms with Crippen LogP contribution in [0.5, 0.6) is 0 Å². The smallest absolute Gasteiger partial charge is 0.245 e. The van der Waals surface area contributed by atoms with Crippen LogP contribution < -0.4 is 49.1 Å². The third-order valence-corrected chi connectivity index (χ3v) is 11.0. The van der Waals surface area contributed by atoms with E-state index in [9.17, 15) is 38.4 Å². The third-order valence-electron chi connectivity index (χ3n) is 11.0. The molecule has 20 heteroatoms. The van der Waals surface area contributed by atoms with E-state index in [1.54, 1.807) is 30.5 Å². The van der Waals surface area contributed by atoms with Crippen molar-refractivity contribution >= 4 is 64.1 Å². The minimum absolute atomic E-state index is 0.0195. The number of rotatable bonds is 14. The van der Waals surface area contributed by atoms with Crippen LogP contribution >= 0.6 is 0 Å². The molecule has 1 aromatic heterocycles. The maximum atomic E-state index is 14.4. The van der Waals surface area contributed by atoms with Gasteiger partial charge >= 0.3 is 0 Å². The second kappa shape index (κ2) is 22.7. The van der Waals surface area contributed by atoms with E-state index in [0.717, 1.165) is 16.5 Å². The number of para-hydroxylation sites is 1. The number of nitrogens with zero attached hydrogens (tertiary/aromatic N) is 2. The zero-order valence-electron chi connectivity index (χ0n) is 35.3. The summed E-state index contributed by atoms with van der Waals surface area (Å²) in [5.41, 5.74) is 18.7. The maximum Gasteiger partial charge on any atom is 0.245 e. The van der Waals surface area contributed by atoms with Gasteiger partial charge in [-0.25, -0.2) is 0 Å². The van der Waals surface area contributed by atoms with Crippen LogP contribution in [0.3, 0.4) is 0 Å². The molecule has 2 saturated heterocycles. The molecule has 13 N–H and O–H groups in total. The van der Waals surface area contributed by atoms with Gasteiger partial charge in [0.2, 0.25) is 47.3 Å². The number of carbonyl (C=O) groups is 8.